The smallest absolute Gasteiger partial charge is 0.339 e. The second-order valence-electron chi connectivity index (χ2n) is 7.09. The molecule has 0 unspecified atom stereocenters. The number of rotatable bonds is 4. The number of hydrogen-bond donors (Lipinski definition) is 1. The van der Waals surface area contributed by atoms with Crippen molar-refractivity contribution >= 4 is 52.0 Å². The summed E-state index contributed by atoms with van der Waals surface area (Å²) in [7, 11) is 1.28. The number of methoxy groups -OCH3 is 1. The first-order valence-corrected chi connectivity index (χ1v) is 10.4. The van der Waals surface area contributed by atoms with E-state index in [-0.39, 0.29) is 11.6 Å². The van der Waals surface area contributed by atoms with Crippen LogP contribution in [0.15, 0.2) is 40.8 Å². The standard InChI is InChI=1S/C21H20Cl2N4O4/c1-30-20(28)15-4-2-13(22)10-16(15)25-21(29)27-8-6-26(7-9-27)12-19-24-17-11-14(23)3-5-18(17)31-19/h2-5,10-11H,6-9,12H2,1H3,(H,25,29). The van der Waals surface area contributed by atoms with E-state index >= 15 is 0 Å². The molecule has 1 aliphatic heterocycles. The summed E-state index contributed by atoms with van der Waals surface area (Å²) in [5, 5.41) is 3.79. The molecular formula is C21H20Cl2N4O4. The third-order valence-corrected chi connectivity index (χ3v) is 5.51. The topological polar surface area (TPSA) is 87.9 Å². The van der Waals surface area contributed by atoms with Crippen molar-refractivity contribution in [2.75, 3.05) is 38.6 Å². The molecule has 0 radical (unpaired) electrons. The molecule has 0 atom stereocenters. The van der Waals surface area contributed by atoms with Gasteiger partial charge in [-0.25, -0.2) is 14.6 Å². The fraction of sp³-hybridized carbons (Fsp3) is 0.286. The highest BCUT2D eigenvalue weighted by atomic mass is 35.5. The van der Waals surface area contributed by atoms with Gasteiger partial charge in [-0.3, -0.25) is 4.90 Å². The lowest BCUT2D eigenvalue weighted by atomic mass is 10.2. The van der Waals surface area contributed by atoms with Gasteiger partial charge in [0.25, 0.3) is 0 Å². The second kappa shape index (κ2) is 9.13. The predicted octanol–water partition coefficient (Wildman–Crippen LogP) is 4.27. The van der Waals surface area contributed by atoms with Gasteiger partial charge in [0.1, 0.15) is 5.52 Å². The molecule has 4 rings (SSSR count). The Bertz CT molecular complexity index is 1130. The van der Waals surface area contributed by atoms with Crippen LogP contribution >= 0.6 is 23.2 Å². The number of hydrogen-bond acceptors (Lipinski definition) is 6. The second-order valence-corrected chi connectivity index (χ2v) is 7.97. The van der Waals surface area contributed by atoms with Crippen LogP contribution in [0.1, 0.15) is 16.2 Å². The number of benzene rings is 2. The lowest BCUT2D eigenvalue weighted by Gasteiger charge is -2.34. The predicted molar refractivity (Wildman–Crippen MR) is 118 cm³/mol. The Labute approximate surface area is 188 Å². The van der Waals surface area contributed by atoms with Crippen molar-refractivity contribution in [2.45, 2.75) is 6.54 Å². The number of anilines is 1. The molecule has 0 aliphatic carbocycles. The fourth-order valence-corrected chi connectivity index (χ4v) is 3.76. The van der Waals surface area contributed by atoms with E-state index in [9.17, 15) is 9.59 Å². The normalized spacial score (nSPS) is 14.6. The molecule has 1 N–H and O–H groups in total. The molecule has 10 heteroatoms. The van der Waals surface area contributed by atoms with E-state index in [0.717, 1.165) is 5.52 Å². The summed E-state index contributed by atoms with van der Waals surface area (Å²) in [4.78, 5) is 33.0. The molecule has 1 fully saturated rings. The third kappa shape index (κ3) is 4.92. The Morgan fingerprint density at radius 3 is 2.55 bits per heavy atom. The average Bonchev–Trinajstić information content (AvgIpc) is 3.15. The zero-order chi connectivity index (χ0) is 22.0. The molecule has 0 spiro atoms. The number of amides is 2. The molecule has 1 saturated heterocycles. The molecule has 8 nitrogen and oxygen atoms in total. The summed E-state index contributed by atoms with van der Waals surface area (Å²) in [6.07, 6.45) is 0. The zero-order valence-corrected chi connectivity index (χ0v) is 18.2. The van der Waals surface area contributed by atoms with Gasteiger partial charge >= 0.3 is 12.0 Å². The number of nitrogens with one attached hydrogen (secondary N) is 1. The highest BCUT2D eigenvalue weighted by Crippen LogP contribution is 2.23. The lowest BCUT2D eigenvalue weighted by Crippen LogP contribution is -2.49. The van der Waals surface area contributed by atoms with E-state index < -0.39 is 5.97 Å². The molecule has 1 aliphatic rings. The van der Waals surface area contributed by atoms with Crippen molar-refractivity contribution in [3.8, 4) is 0 Å². The molecule has 2 amide bonds. The Kier molecular flexibility index (Phi) is 6.31. The molecule has 0 saturated carbocycles. The highest BCUT2D eigenvalue weighted by molar-refractivity contribution is 6.31. The van der Waals surface area contributed by atoms with Crippen LogP contribution in [0.5, 0.6) is 0 Å². The van der Waals surface area contributed by atoms with Gasteiger partial charge in [0.2, 0.25) is 5.89 Å². The van der Waals surface area contributed by atoms with Crippen molar-refractivity contribution in [3.05, 3.63) is 57.9 Å². The van der Waals surface area contributed by atoms with Crippen LogP contribution in [0.25, 0.3) is 11.1 Å². The first kappa shape index (κ1) is 21.4. The summed E-state index contributed by atoms with van der Waals surface area (Å²) in [5.74, 6) is 0.0632. The number of carbonyl (C=O) groups is 2. The third-order valence-electron chi connectivity index (χ3n) is 5.04. The number of aromatic nitrogens is 1. The number of nitrogens with zero attached hydrogens (tertiary/aromatic N) is 3. The zero-order valence-electron chi connectivity index (χ0n) is 16.7. The number of piperazine rings is 1. The highest BCUT2D eigenvalue weighted by Gasteiger charge is 2.24. The number of carbonyl (C=O) groups excluding carboxylic acids is 2. The van der Waals surface area contributed by atoms with Crippen LogP contribution in [-0.4, -0.2) is 60.1 Å². The Hall–Kier alpha value is -2.81. The molecule has 3 aromatic rings. The Morgan fingerprint density at radius 1 is 1.10 bits per heavy atom. The SMILES string of the molecule is COC(=O)c1ccc(Cl)cc1NC(=O)N1CCN(Cc2nc3cc(Cl)ccc3o2)CC1. The lowest BCUT2D eigenvalue weighted by molar-refractivity contribution is 0.0602. The number of ether oxygens (including phenoxy) is 1. The molecule has 2 aromatic carbocycles. The first-order chi connectivity index (χ1) is 14.9. The van der Waals surface area contributed by atoms with E-state index in [4.69, 9.17) is 32.4 Å². The maximum atomic E-state index is 12.7. The van der Waals surface area contributed by atoms with Gasteiger partial charge in [-0.2, -0.15) is 0 Å². The van der Waals surface area contributed by atoms with Gasteiger partial charge in [-0.1, -0.05) is 23.2 Å². The van der Waals surface area contributed by atoms with E-state index in [1.807, 2.05) is 0 Å². The van der Waals surface area contributed by atoms with Crippen LogP contribution in [0.3, 0.4) is 0 Å². The van der Waals surface area contributed by atoms with Crippen molar-refractivity contribution in [3.63, 3.8) is 0 Å². The van der Waals surface area contributed by atoms with Crippen LogP contribution < -0.4 is 5.32 Å². The van der Waals surface area contributed by atoms with E-state index in [1.54, 1.807) is 29.2 Å². The molecule has 0 bridgehead atoms. The maximum Gasteiger partial charge on any atom is 0.339 e. The van der Waals surface area contributed by atoms with Crippen LogP contribution in [0, 0.1) is 0 Å². The molecule has 31 heavy (non-hydrogen) atoms. The van der Waals surface area contributed by atoms with Gasteiger partial charge in [0.15, 0.2) is 5.58 Å². The van der Waals surface area contributed by atoms with E-state index in [2.05, 4.69) is 15.2 Å². The summed E-state index contributed by atoms with van der Waals surface area (Å²) in [5.41, 5.74) is 1.98. The van der Waals surface area contributed by atoms with Gasteiger partial charge in [0, 0.05) is 36.2 Å². The van der Waals surface area contributed by atoms with Crippen LogP contribution in [0.2, 0.25) is 10.0 Å². The van der Waals surface area contributed by atoms with Gasteiger partial charge < -0.3 is 19.4 Å². The van der Waals surface area contributed by atoms with E-state index in [1.165, 1.54) is 19.2 Å². The molecular weight excluding hydrogens is 443 g/mol. The van der Waals surface area contributed by atoms with Crippen molar-refractivity contribution in [1.82, 2.24) is 14.8 Å². The minimum Gasteiger partial charge on any atom is -0.465 e. The first-order valence-electron chi connectivity index (χ1n) is 9.64. The monoisotopic (exact) mass is 462 g/mol. The van der Waals surface area contributed by atoms with Crippen molar-refractivity contribution in [2.24, 2.45) is 0 Å². The summed E-state index contributed by atoms with van der Waals surface area (Å²) in [6.45, 7) is 2.90. The summed E-state index contributed by atoms with van der Waals surface area (Å²) in [6, 6.07) is 9.66. The number of urea groups is 1. The summed E-state index contributed by atoms with van der Waals surface area (Å²) < 4.78 is 10.5. The Balaban J connectivity index is 1.36. The summed E-state index contributed by atoms with van der Waals surface area (Å²) >= 11 is 12.0. The Morgan fingerprint density at radius 2 is 1.81 bits per heavy atom. The molecule has 162 valence electrons. The molecule has 2 heterocycles. The number of oxazole rings is 1. The van der Waals surface area contributed by atoms with Gasteiger partial charge in [-0.15, -0.1) is 0 Å². The van der Waals surface area contributed by atoms with Crippen molar-refractivity contribution in [1.29, 1.82) is 0 Å². The quantitative estimate of drug-likeness (QED) is 0.582. The van der Waals surface area contributed by atoms with Gasteiger partial charge in [-0.05, 0) is 36.4 Å². The number of esters is 1. The van der Waals surface area contributed by atoms with Crippen LogP contribution in [-0.2, 0) is 11.3 Å². The van der Waals surface area contributed by atoms with E-state index in [0.29, 0.717) is 59.9 Å². The minimum atomic E-state index is -0.545. The maximum absolute atomic E-state index is 12.7. The fourth-order valence-electron chi connectivity index (χ4n) is 3.42. The van der Waals surface area contributed by atoms with Crippen molar-refractivity contribution < 1.29 is 18.7 Å². The number of halogens is 2. The molecule has 1 aromatic heterocycles. The number of fused-ring (bicyclic) bond motifs is 1. The van der Waals surface area contributed by atoms with Crippen LogP contribution in [0.4, 0.5) is 10.5 Å². The van der Waals surface area contributed by atoms with Gasteiger partial charge in [0.05, 0.1) is 24.9 Å². The largest absolute Gasteiger partial charge is 0.465 e. The average molecular weight is 463 g/mol. The minimum absolute atomic E-state index is 0.245.